The van der Waals surface area contributed by atoms with Gasteiger partial charge in [-0.15, -0.1) is 0 Å². The fourth-order valence-corrected chi connectivity index (χ4v) is 2.18. The van der Waals surface area contributed by atoms with E-state index >= 15 is 0 Å². The number of phenols is 1. The van der Waals surface area contributed by atoms with Crippen LogP contribution >= 0.6 is 0 Å². The highest BCUT2D eigenvalue weighted by Gasteiger charge is 2.13. The van der Waals surface area contributed by atoms with E-state index in [9.17, 15) is 20.0 Å². The summed E-state index contributed by atoms with van der Waals surface area (Å²) in [4.78, 5) is 26.4. The minimum Gasteiger partial charge on any atom is -0.502 e. The normalized spacial score (nSPS) is 10.9. The van der Waals surface area contributed by atoms with Crippen molar-refractivity contribution in [1.29, 1.82) is 0 Å². The Bertz CT molecular complexity index is 1000. The molecule has 0 atom stereocenters. The topological polar surface area (TPSA) is 118 Å². The van der Waals surface area contributed by atoms with Crippen molar-refractivity contribution in [3.8, 4) is 5.75 Å². The van der Waals surface area contributed by atoms with E-state index < -0.39 is 22.3 Å². The highest BCUT2D eigenvalue weighted by Crippen LogP contribution is 2.25. The van der Waals surface area contributed by atoms with Crippen molar-refractivity contribution in [3.63, 3.8) is 0 Å². The van der Waals surface area contributed by atoms with Crippen molar-refractivity contribution in [2.24, 2.45) is 5.10 Å². The van der Waals surface area contributed by atoms with Gasteiger partial charge < -0.3 is 5.11 Å². The summed E-state index contributed by atoms with van der Waals surface area (Å²) >= 11 is 0. The number of nitro groups is 1. The SMILES string of the molecule is O=C(NN=Cc1ccc(O)c([N+](=O)[O-])c1)c1ccc2ccccc2n1. The van der Waals surface area contributed by atoms with Gasteiger partial charge in [0.1, 0.15) is 5.69 Å². The number of benzene rings is 2. The fraction of sp³-hybridized carbons (Fsp3) is 0. The molecule has 1 aromatic heterocycles. The van der Waals surface area contributed by atoms with Crippen LogP contribution in [0.15, 0.2) is 59.7 Å². The molecule has 0 saturated carbocycles. The zero-order valence-corrected chi connectivity index (χ0v) is 12.8. The standard InChI is InChI=1S/C17H12N4O4/c22-16-8-5-11(9-15(16)21(24)25)10-18-20-17(23)14-7-6-12-3-1-2-4-13(12)19-14/h1-10,22H,(H,20,23). The van der Waals surface area contributed by atoms with Gasteiger partial charge in [0.15, 0.2) is 5.75 Å². The zero-order chi connectivity index (χ0) is 17.8. The Hall–Kier alpha value is -3.81. The molecule has 0 aliphatic heterocycles. The Morgan fingerprint density at radius 2 is 2.00 bits per heavy atom. The summed E-state index contributed by atoms with van der Waals surface area (Å²) in [7, 11) is 0. The second-order valence-electron chi connectivity index (χ2n) is 5.09. The van der Waals surface area contributed by atoms with E-state index in [0.29, 0.717) is 11.1 Å². The van der Waals surface area contributed by atoms with Gasteiger partial charge in [0, 0.05) is 17.0 Å². The van der Waals surface area contributed by atoms with Gasteiger partial charge >= 0.3 is 5.69 Å². The Labute approximate surface area is 141 Å². The lowest BCUT2D eigenvalue weighted by atomic mass is 10.2. The number of amides is 1. The van der Waals surface area contributed by atoms with Crippen molar-refractivity contribution in [2.45, 2.75) is 0 Å². The van der Waals surface area contributed by atoms with Gasteiger partial charge in [-0.05, 0) is 24.3 Å². The van der Waals surface area contributed by atoms with Crippen LogP contribution in [0.4, 0.5) is 5.69 Å². The lowest BCUT2D eigenvalue weighted by molar-refractivity contribution is -0.385. The number of nitrogens with one attached hydrogen (secondary N) is 1. The number of hydrazone groups is 1. The monoisotopic (exact) mass is 336 g/mol. The molecule has 0 saturated heterocycles. The van der Waals surface area contributed by atoms with Gasteiger partial charge in [0.2, 0.25) is 0 Å². The molecule has 0 fully saturated rings. The first-order chi connectivity index (χ1) is 12.0. The number of hydrogen-bond donors (Lipinski definition) is 2. The van der Waals surface area contributed by atoms with Gasteiger partial charge in [-0.1, -0.05) is 24.3 Å². The number of para-hydroxylation sites is 1. The first-order valence-electron chi connectivity index (χ1n) is 7.21. The number of nitro benzene ring substituents is 1. The number of aromatic nitrogens is 1. The highest BCUT2D eigenvalue weighted by atomic mass is 16.6. The van der Waals surface area contributed by atoms with E-state index in [2.05, 4.69) is 15.5 Å². The molecule has 1 heterocycles. The van der Waals surface area contributed by atoms with Gasteiger partial charge in [0.05, 0.1) is 16.7 Å². The lowest BCUT2D eigenvalue weighted by Gasteiger charge is -2.02. The van der Waals surface area contributed by atoms with Crippen LogP contribution in [0.25, 0.3) is 10.9 Å². The molecular weight excluding hydrogens is 324 g/mol. The largest absolute Gasteiger partial charge is 0.502 e. The van der Waals surface area contributed by atoms with Gasteiger partial charge in [0.25, 0.3) is 5.91 Å². The fourth-order valence-electron chi connectivity index (χ4n) is 2.18. The molecule has 3 aromatic rings. The third-order valence-corrected chi connectivity index (χ3v) is 3.41. The maximum absolute atomic E-state index is 12.1. The number of phenolic OH excluding ortho intramolecular Hbond substituents is 1. The van der Waals surface area contributed by atoms with Crippen LogP contribution in [0.5, 0.6) is 5.75 Å². The number of carbonyl (C=O) groups excluding carboxylic acids is 1. The second kappa shape index (κ2) is 6.75. The number of pyridine rings is 1. The number of fused-ring (bicyclic) bond motifs is 1. The van der Waals surface area contributed by atoms with Crippen molar-refractivity contribution in [3.05, 3.63) is 76.0 Å². The number of hydrogen-bond acceptors (Lipinski definition) is 6. The first kappa shape index (κ1) is 16.1. The maximum Gasteiger partial charge on any atom is 0.311 e. The maximum atomic E-state index is 12.1. The molecule has 3 rings (SSSR count). The smallest absolute Gasteiger partial charge is 0.311 e. The van der Waals surface area contributed by atoms with Crippen LogP contribution < -0.4 is 5.43 Å². The third-order valence-electron chi connectivity index (χ3n) is 3.41. The molecule has 2 aromatic carbocycles. The van der Waals surface area contributed by atoms with Crippen molar-refractivity contribution in [2.75, 3.05) is 0 Å². The minimum absolute atomic E-state index is 0.201. The van der Waals surface area contributed by atoms with Crippen LogP contribution in [-0.4, -0.2) is 27.1 Å². The molecule has 0 aliphatic rings. The van der Waals surface area contributed by atoms with Crippen LogP contribution in [-0.2, 0) is 0 Å². The Morgan fingerprint density at radius 1 is 1.20 bits per heavy atom. The highest BCUT2D eigenvalue weighted by molar-refractivity contribution is 5.95. The summed E-state index contributed by atoms with van der Waals surface area (Å²) in [5, 5.41) is 24.8. The molecule has 0 unspecified atom stereocenters. The molecule has 0 bridgehead atoms. The molecule has 2 N–H and O–H groups in total. The van der Waals surface area contributed by atoms with Crippen LogP contribution in [0.1, 0.15) is 16.1 Å². The quantitative estimate of drug-likeness (QED) is 0.431. The summed E-state index contributed by atoms with van der Waals surface area (Å²) in [6, 6.07) is 14.5. The predicted octanol–water partition coefficient (Wildman–Crippen LogP) is 2.61. The Balaban J connectivity index is 1.73. The average Bonchev–Trinajstić information content (AvgIpc) is 2.62. The number of nitrogens with zero attached hydrogens (tertiary/aromatic N) is 3. The zero-order valence-electron chi connectivity index (χ0n) is 12.8. The van der Waals surface area contributed by atoms with E-state index in [4.69, 9.17) is 0 Å². The second-order valence-corrected chi connectivity index (χ2v) is 5.09. The molecule has 8 heteroatoms. The molecule has 0 aliphatic carbocycles. The molecule has 25 heavy (non-hydrogen) atoms. The third kappa shape index (κ3) is 3.58. The summed E-state index contributed by atoms with van der Waals surface area (Å²) in [5.74, 6) is -0.943. The summed E-state index contributed by atoms with van der Waals surface area (Å²) < 4.78 is 0. The first-order valence-corrected chi connectivity index (χ1v) is 7.21. The van der Waals surface area contributed by atoms with E-state index in [0.717, 1.165) is 11.5 Å². The molecule has 124 valence electrons. The van der Waals surface area contributed by atoms with E-state index in [1.54, 1.807) is 18.2 Å². The molecule has 0 spiro atoms. The summed E-state index contributed by atoms with van der Waals surface area (Å²) in [6.45, 7) is 0. The summed E-state index contributed by atoms with van der Waals surface area (Å²) in [6.07, 6.45) is 1.24. The Morgan fingerprint density at radius 3 is 2.80 bits per heavy atom. The van der Waals surface area contributed by atoms with Crippen molar-refractivity contribution in [1.82, 2.24) is 10.4 Å². The van der Waals surface area contributed by atoms with E-state index in [1.165, 1.54) is 18.3 Å². The minimum atomic E-state index is -0.704. The predicted molar refractivity (Wildman–Crippen MR) is 91.6 cm³/mol. The lowest BCUT2D eigenvalue weighted by Crippen LogP contribution is -2.18. The summed E-state index contributed by atoms with van der Waals surface area (Å²) in [5.41, 5.74) is 3.12. The van der Waals surface area contributed by atoms with Crippen LogP contribution in [0, 0.1) is 10.1 Å². The van der Waals surface area contributed by atoms with E-state index in [1.807, 2.05) is 18.2 Å². The average molecular weight is 336 g/mol. The number of aromatic hydroxyl groups is 1. The molecule has 0 radical (unpaired) electrons. The van der Waals surface area contributed by atoms with Crippen LogP contribution in [0.3, 0.4) is 0 Å². The number of rotatable bonds is 4. The molecule has 1 amide bonds. The Kier molecular flexibility index (Phi) is 4.34. The van der Waals surface area contributed by atoms with Gasteiger partial charge in [-0.3, -0.25) is 14.9 Å². The van der Waals surface area contributed by atoms with Crippen molar-refractivity contribution >= 4 is 28.7 Å². The molecule has 8 nitrogen and oxygen atoms in total. The van der Waals surface area contributed by atoms with Crippen LogP contribution in [0.2, 0.25) is 0 Å². The van der Waals surface area contributed by atoms with Gasteiger partial charge in [-0.2, -0.15) is 5.10 Å². The van der Waals surface area contributed by atoms with Crippen molar-refractivity contribution < 1.29 is 14.8 Å². The van der Waals surface area contributed by atoms with Gasteiger partial charge in [-0.25, -0.2) is 10.4 Å². The number of carbonyl (C=O) groups is 1. The van der Waals surface area contributed by atoms with E-state index in [-0.39, 0.29) is 5.69 Å². The molecular formula is C17H12N4O4.